The standard InChI is InChI=1S/C21H28N4O2/c1-2-3-13-23-14-6-15-24-20(26)16-9-11-17(12-10-16)21(27)25-19-8-5-4-7-18(19)22/h4-5,7-12,23H,2-3,6,13-15,22H2,1H3,(H,24,26)(H,25,27). The average Bonchev–Trinajstić information content (AvgIpc) is 2.69. The molecular formula is C21H28N4O2. The highest BCUT2D eigenvalue weighted by atomic mass is 16.2. The summed E-state index contributed by atoms with van der Waals surface area (Å²) in [6.07, 6.45) is 3.23. The maximum atomic E-state index is 12.3. The topological polar surface area (TPSA) is 96.2 Å². The van der Waals surface area contributed by atoms with Crippen LogP contribution < -0.4 is 21.7 Å². The first-order valence-corrected chi connectivity index (χ1v) is 9.36. The van der Waals surface area contributed by atoms with Crippen LogP contribution in [0.1, 0.15) is 46.9 Å². The van der Waals surface area contributed by atoms with E-state index in [2.05, 4.69) is 22.9 Å². The van der Waals surface area contributed by atoms with Gasteiger partial charge in [-0.1, -0.05) is 25.5 Å². The van der Waals surface area contributed by atoms with Gasteiger partial charge in [-0.15, -0.1) is 0 Å². The molecule has 0 aliphatic rings. The number of hydrogen-bond donors (Lipinski definition) is 4. The van der Waals surface area contributed by atoms with E-state index in [-0.39, 0.29) is 11.8 Å². The van der Waals surface area contributed by atoms with Crippen molar-refractivity contribution in [3.05, 3.63) is 59.7 Å². The van der Waals surface area contributed by atoms with Crippen molar-refractivity contribution in [3.63, 3.8) is 0 Å². The van der Waals surface area contributed by atoms with Gasteiger partial charge in [0.05, 0.1) is 11.4 Å². The molecule has 0 bridgehead atoms. The van der Waals surface area contributed by atoms with Crippen LogP contribution in [0, 0.1) is 0 Å². The van der Waals surface area contributed by atoms with Crippen molar-refractivity contribution in [1.82, 2.24) is 10.6 Å². The number of carbonyl (C=O) groups is 2. The Kier molecular flexibility index (Phi) is 8.32. The van der Waals surface area contributed by atoms with Crippen molar-refractivity contribution in [2.24, 2.45) is 0 Å². The molecule has 2 aromatic rings. The molecule has 2 aromatic carbocycles. The largest absolute Gasteiger partial charge is 0.397 e. The minimum atomic E-state index is -0.266. The normalized spacial score (nSPS) is 10.4. The van der Waals surface area contributed by atoms with Gasteiger partial charge < -0.3 is 21.7 Å². The van der Waals surface area contributed by atoms with Crippen LogP contribution in [-0.4, -0.2) is 31.4 Å². The molecule has 6 heteroatoms. The van der Waals surface area contributed by atoms with Gasteiger partial charge in [0.25, 0.3) is 11.8 Å². The van der Waals surface area contributed by atoms with Gasteiger partial charge in [-0.2, -0.15) is 0 Å². The molecule has 0 aliphatic heterocycles. The highest BCUT2D eigenvalue weighted by molar-refractivity contribution is 6.06. The van der Waals surface area contributed by atoms with E-state index in [4.69, 9.17) is 5.73 Å². The zero-order chi connectivity index (χ0) is 19.5. The minimum Gasteiger partial charge on any atom is -0.397 e. The summed E-state index contributed by atoms with van der Waals surface area (Å²) in [6, 6.07) is 13.6. The molecule has 6 nitrogen and oxygen atoms in total. The molecule has 0 saturated carbocycles. The molecule has 0 heterocycles. The maximum Gasteiger partial charge on any atom is 0.255 e. The summed E-state index contributed by atoms with van der Waals surface area (Å²) in [4.78, 5) is 24.4. The summed E-state index contributed by atoms with van der Waals surface area (Å²) in [5, 5.41) is 9.00. The Morgan fingerprint density at radius 3 is 2.15 bits per heavy atom. The van der Waals surface area contributed by atoms with Gasteiger partial charge >= 0.3 is 0 Å². The van der Waals surface area contributed by atoms with Crippen LogP contribution >= 0.6 is 0 Å². The third-order valence-corrected chi connectivity index (χ3v) is 4.14. The number of rotatable bonds is 10. The summed E-state index contributed by atoms with van der Waals surface area (Å²) in [5.41, 5.74) is 7.90. The number of amides is 2. The fourth-order valence-corrected chi connectivity index (χ4v) is 2.52. The zero-order valence-electron chi connectivity index (χ0n) is 15.8. The van der Waals surface area contributed by atoms with Gasteiger partial charge in [-0.3, -0.25) is 9.59 Å². The number of anilines is 2. The summed E-state index contributed by atoms with van der Waals surface area (Å²) < 4.78 is 0. The van der Waals surface area contributed by atoms with Gasteiger partial charge in [-0.25, -0.2) is 0 Å². The van der Waals surface area contributed by atoms with Gasteiger partial charge in [0.1, 0.15) is 0 Å². The molecule has 0 aromatic heterocycles. The van der Waals surface area contributed by atoms with Crippen LogP contribution in [0.15, 0.2) is 48.5 Å². The van der Waals surface area contributed by atoms with Crippen molar-refractivity contribution in [3.8, 4) is 0 Å². The van der Waals surface area contributed by atoms with Crippen LogP contribution in [0.25, 0.3) is 0 Å². The second kappa shape index (κ2) is 11.0. The van der Waals surface area contributed by atoms with Crippen molar-refractivity contribution >= 4 is 23.2 Å². The highest BCUT2D eigenvalue weighted by Crippen LogP contribution is 2.18. The SMILES string of the molecule is CCCCNCCCNC(=O)c1ccc(C(=O)Nc2ccccc2N)cc1. The first kappa shape index (κ1) is 20.5. The Labute approximate surface area is 160 Å². The van der Waals surface area contributed by atoms with Crippen molar-refractivity contribution in [1.29, 1.82) is 0 Å². The smallest absolute Gasteiger partial charge is 0.255 e. The van der Waals surface area contributed by atoms with E-state index in [1.165, 1.54) is 12.8 Å². The first-order valence-electron chi connectivity index (χ1n) is 9.36. The number of carbonyl (C=O) groups excluding carboxylic acids is 2. The Hall–Kier alpha value is -2.86. The molecule has 2 rings (SSSR count). The van der Waals surface area contributed by atoms with E-state index in [0.717, 1.165) is 19.5 Å². The Morgan fingerprint density at radius 2 is 1.48 bits per heavy atom. The first-order chi connectivity index (χ1) is 13.1. The van der Waals surface area contributed by atoms with Gasteiger partial charge in [0, 0.05) is 17.7 Å². The molecule has 0 saturated heterocycles. The second-order valence-electron chi connectivity index (χ2n) is 6.33. The van der Waals surface area contributed by atoms with Gasteiger partial charge in [0.15, 0.2) is 0 Å². The minimum absolute atomic E-state index is 0.136. The van der Waals surface area contributed by atoms with Crippen molar-refractivity contribution in [2.45, 2.75) is 26.2 Å². The third kappa shape index (κ3) is 6.75. The maximum absolute atomic E-state index is 12.3. The number of para-hydroxylation sites is 2. The molecule has 0 aliphatic carbocycles. The molecule has 27 heavy (non-hydrogen) atoms. The zero-order valence-corrected chi connectivity index (χ0v) is 15.8. The van der Waals surface area contributed by atoms with Crippen LogP contribution in [0.2, 0.25) is 0 Å². The van der Waals surface area contributed by atoms with Crippen LogP contribution in [0.4, 0.5) is 11.4 Å². The summed E-state index contributed by atoms with van der Waals surface area (Å²) in [5.74, 6) is -0.402. The van der Waals surface area contributed by atoms with Crippen LogP contribution in [-0.2, 0) is 0 Å². The molecule has 0 atom stereocenters. The quantitative estimate of drug-likeness (QED) is 0.383. The molecular weight excluding hydrogens is 340 g/mol. The van der Waals surface area contributed by atoms with Crippen LogP contribution in [0.5, 0.6) is 0 Å². The molecule has 0 radical (unpaired) electrons. The average molecular weight is 368 g/mol. The molecule has 5 N–H and O–H groups in total. The molecule has 144 valence electrons. The Morgan fingerprint density at radius 1 is 0.852 bits per heavy atom. The summed E-state index contributed by atoms with van der Waals surface area (Å²) >= 11 is 0. The van der Waals surface area contributed by atoms with Crippen LogP contribution in [0.3, 0.4) is 0 Å². The van der Waals surface area contributed by atoms with E-state index in [1.807, 2.05) is 0 Å². The van der Waals surface area contributed by atoms with E-state index in [1.54, 1.807) is 48.5 Å². The fourth-order valence-electron chi connectivity index (χ4n) is 2.52. The number of hydrogen-bond acceptors (Lipinski definition) is 4. The second-order valence-corrected chi connectivity index (χ2v) is 6.33. The number of benzene rings is 2. The molecule has 0 spiro atoms. The van der Waals surface area contributed by atoms with Crippen molar-refractivity contribution in [2.75, 3.05) is 30.7 Å². The number of nitrogen functional groups attached to an aromatic ring is 1. The van der Waals surface area contributed by atoms with E-state index in [9.17, 15) is 9.59 Å². The van der Waals surface area contributed by atoms with Crippen molar-refractivity contribution < 1.29 is 9.59 Å². The lowest BCUT2D eigenvalue weighted by molar-refractivity contribution is 0.0951. The summed E-state index contributed by atoms with van der Waals surface area (Å²) in [6.45, 7) is 4.69. The number of nitrogens with one attached hydrogen (secondary N) is 3. The number of nitrogens with two attached hydrogens (primary N) is 1. The van der Waals surface area contributed by atoms with E-state index < -0.39 is 0 Å². The Balaban J connectivity index is 1.79. The molecule has 0 unspecified atom stereocenters. The lowest BCUT2D eigenvalue weighted by Gasteiger charge is -2.09. The predicted octanol–water partition coefficient (Wildman–Crippen LogP) is 3.03. The summed E-state index contributed by atoms with van der Waals surface area (Å²) in [7, 11) is 0. The third-order valence-electron chi connectivity index (χ3n) is 4.14. The van der Waals surface area contributed by atoms with E-state index in [0.29, 0.717) is 29.0 Å². The predicted molar refractivity (Wildman–Crippen MR) is 110 cm³/mol. The van der Waals surface area contributed by atoms with E-state index >= 15 is 0 Å². The monoisotopic (exact) mass is 368 g/mol. The lowest BCUT2D eigenvalue weighted by Crippen LogP contribution is -2.27. The van der Waals surface area contributed by atoms with Gasteiger partial charge in [0.2, 0.25) is 0 Å². The fraction of sp³-hybridized carbons (Fsp3) is 0.333. The highest BCUT2D eigenvalue weighted by Gasteiger charge is 2.10. The molecule has 2 amide bonds. The van der Waals surface area contributed by atoms with Gasteiger partial charge in [-0.05, 0) is 62.3 Å². The number of unbranched alkanes of at least 4 members (excludes halogenated alkanes) is 1. The lowest BCUT2D eigenvalue weighted by atomic mass is 10.1. The molecule has 0 fully saturated rings. The Bertz CT molecular complexity index is 744.